The van der Waals surface area contributed by atoms with Gasteiger partial charge in [-0.05, 0) is 53.6 Å². The van der Waals surface area contributed by atoms with Crippen molar-refractivity contribution in [3.05, 3.63) is 84.8 Å². The number of methoxy groups -OCH3 is 1. The second kappa shape index (κ2) is 10.0. The van der Waals surface area contributed by atoms with Gasteiger partial charge in [0.05, 0.1) is 32.9 Å². The van der Waals surface area contributed by atoms with Gasteiger partial charge in [0.2, 0.25) is 0 Å². The van der Waals surface area contributed by atoms with Gasteiger partial charge in [-0.1, -0.05) is 64.1 Å². The number of halogens is 5. The van der Waals surface area contributed by atoms with Crippen LogP contribution < -0.4 is 14.8 Å². The van der Waals surface area contributed by atoms with Crippen molar-refractivity contribution in [1.82, 2.24) is 0 Å². The Bertz CT molecular complexity index is 1030. The molecule has 0 aliphatic heterocycles. The maximum atomic E-state index is 6.45. The van der Waals surface area contributed by atoms with Crippen molar-refractivity contribution < 1.29 is 9.47 Å². The molecule has 3 rings (SSSR count). The highest BCUT2D eigenvalue weighted by Crippen LogP contribution is 2.37. The molecule has 3 aromatic rings. The lowest BCUT2D eigenvalue weighted by molar-refractivity contribution is 0.284. The van der Waals surface area contributed by atoms with Crippen molar-refractivity contribution in [3.8, 4) is 11.5 Å². The van der Waals surface area contributed by atoms with E-state index >= 15 is 0 Å². The zero-order chi connectivity index (χ0) is 21.0. The quantitative estimate of drug-likeness (QED) is 0.362. The van der Waals surface area contributed by atoms with Gasteiger partial charge in [-0.25, -0.2) is 0 Å². The summed E-state index contributed by atoms with van der Waals surface area (Å²) < 4.78 is 11.3. The molecule has 0 saturated carbocycles. The fourth-order valence-corrected chi connectivity index (χ4v) is 3.71. The normalized spacial score (nSPS) is 10.7. The molecule has 152 valence electrons. The van der Waals surface area contributed by atoms with Crippen LogP contribution in [0.25, 0.3) is 0 Å². The molecule has 8 heteroatoms. The molecule has 0 bridgehead atoms. The first kappa shape index (κ1) is 22.2. The first-order chi connectivity index (χ1) is 13.9. The molecule has 0 radical (unpaired) electrons. The van der Waals surface area contributed by atoms with E-state index < -0.39 is 0 Å². The number of rotatable bonds is 7. The summed E-state index contributed by atoms with van der Waals surface area (Å²) in [6, 6.07) is 14.2. The van der Waals surface area contributed by atoms with Gasteiger partial charge in [0.15, 0.2) is 11.5 Å². The summed E-state index contributed by atoms with van der Waals surface area (Å²) in [5.74, 6) is 0.977. The maximum absolute atomic E-state index is 6.45. The Hall–Kier alpha value is -1.49. The van der Waals surface area contributed by atoms with E-state index in [1.165, 1.54) is 0 Å². The van der Waals surface area contributed by atoms with E-state index in [9.17, 15) is 0 Å². The molecule has 0 fully saturated rings. The molecule has 3 nitrogen and oxygen atoms in total. The minimum absolute atomic E-state index is 0.269. The topological polar surface area (TPSA) is 30.5 Å². The van der Waals surface area contributed by atoms with E-state index in [1.54, 1.807) is 31.4 Å². The summed E-state index contributed by atoms with van der Waals surface area (Å²) in [6.45, 7) is 0.759. The van der Waals surface area contributed by atoms with E-state index in [0.29, 0.717) is 43.2 Å². The molecule has 0 aliphatic rings. The van der Waals surface area contributed by atoms with Crippen LogP contribution in [0.3, 0.4) is 0 Å². The number of anilines is 1. The Morgan fingerprint density at radius 1 is 0.759 bits per heavy atom. The van der Waals surface area contributed by atoms with Crippen molar-refractivity contribution in [2.75, 3.05) is 12.4 Å². The van der Waals surface area contributed by atoms with Crippen LogP contribution in [0.4, 0.5) is 5.69 Å². The Labute approximate surface area is 194 Å². The predicted octanol–water partition coefficient (Wildman–Crippen LogP) is 8.15. The lowest BCUT2D eigenvalue weighted by Gasteiger charge is -2.15. The third kappa shape index (κ3) is 5.78. The van der Waals surface area contributed by atoms with Crippen molar-refractivity contribution in [2.45, 2.75) is 13.2 Å². The molecule has 0 aromatic heterocycles. The molecule has 0 spiro atoms. The van der Waals surface area contributed by atoms with Crippen LogP contribution >= 0.6 is 58.0 Å². The van der Waals surface area contributed by atoms with Crippen LogP contribution in [0.5, 0.6) is 11.5 Å². The highest BCUT2D eigenvalue weighted by Gasteiger charge is 2.13. The molecular formula is C21H16Cl5NO2. The first-order valence-corrected chi connectivity index (χ1v) is 10.4. The van der Waals surface area contributed by atoms with Crippen LogP contribution in [0.1, 0.15) is 11.1 Å². The van der Waals surface area contributed by atoms with E-state index in [1.807, 2.05) is 24.3 Å². The maximum Gasteiger partial charge on any atom is 0.180 e. The molecule has 0 unspecified atom stereocenters. The average molecular weight is 492 g/mol. The Kier molecular flexibility index (Phi) is 7.66. The van der Waals surface area contributed by atoms with Crippen LogP contribution in [-0.2, 0) is 13.2 Å². The lowest BCUT2D eigenvalue weighted by Crippen LogP contribution is -2.03. The fourth-order valence-electron chi connectivity index (χ4n) is 2.63. The van der Waals surface area contributed by atoms with Gasteiger partial charge in [-0.3, -0.25) is 0 Å². The molecule has 29 heavy (non-hydrogen) atoms. The van der Waals surface area contributed by atoms with Gasteiger partial charge < -0.3 is 14.8 Å². The monoisotopic (exact) mass is 489 g/mol. The third-order valence-electron chi connectivity index (χ3n) is 4.07. The number of benzene rings is 3. The number of nitrogens with one attached hydrogen (secondary N) is 1. The molecule has 3 aromatic carbocycles. The molecule has 0 heterocycles. The summed E-state index contributed by atoms with van der Waals surface area (Å²) in [7, 11) is 1.56. The Balaban J connectivity index is 1.73. The van der Waals surface area contributed by atoms with Gasteiger partial charge in [0, 0.05) is 11.6 Å². The van der Waals surface area contributed by atoms with Crippen molar-refractivity contribution in [3.63, 3.8) is 0 Å². The third-order valence-corrected chi connectivity index (χ3v) is 5.64. The molecule has 0 aliphatic carbocycles. The second-order valence-corrected chi connectivity index (χ2v) is 8.19. The number of ether oxygens (including phenoxy) is 2. The first-order valence-electron chi connectivity index (χ1n) is 8.49. The largest absolute Gasteiger partial charge is 0.493 e. The molecule has 0 amide bonds. The standard InChI is InChI=1S/C21H16Cl5NO2/c1-28-20-8-13(10-27-19-5-3-14(22)9-17(19)25)7-18(26)21(20)29-11-12-2-4-15(23)16(24)6-12/h2-9,27H,10-11H2,1H3. The van der Waals surface area contributed by atoms with Crippen molar-refractivity contribution >= 4 is 63.7 Å². The van der Waals surface area contributed by atoms with E-state index in [0.717, 1.165) is 16.8 Å². The number of hydrogen-bond acceptors (Lipinski definition) is 3. The molecule has 0 atom stereocenters. The zero-order valence-electron chi connectivity index (χ0n) is 15.2. The summed E-state index contributed by atoms with van der Waals surface area (Å²) in [5.41, 5.74) is 2.53. The van der Waals surface area contributed by atoms with Gasteiger partial charge in [0.1, 0.15) is 6.61 Å². The summed E-state index contributed by atoms with van der Waals surface area (Å²) in [5, 5.41) is 5.76. The number of hydrogen-bond donors (Lipinski definition) is 1. The van der Waals surface area contributed by atoms with E-state index in [-0.39, 0.29) is 6.61 Å². The highest BCUT2D eigenvalue weighted by molar-refractivity contribution is 6.42. The SMILES string of the molecule is COc1cc(CNc2ccc(Cl)cc2Cl)cc(Cl)c1OCc1ccc(Cl)c(Cl)c1. The highest BCUT2D eigenvalue weighted by atomic mass is 35.5. The second-order valence-electron chi connectivity index (χ2n) is 6.12. The van der Waals surface area contributed by atoms with Gasteiger partial charge >= 0.3 is 0 Å². The van der Waals surface area contributed by atoms with Gasteiger partial charge in [0.25, 0.3) is 0 Å². The Morgan fingerprint density at radius 3 is 2.21 bits per heavy atom. The van der Waals surface area contributed by atoms with E-state index in [2.05, 4.69) is 5.32 Å². The fraction of sp³-hybridized carbons (Fsp3) is 0.143. The zero-order valence-corrected chi connectivity index (χ0v) is 19.0. The van der Waals surface area contributed by atoms with E-state index in [4.69, 9.17) is 67.5 Å². The predicted molar refractivity (Wildman–Crippen MR) is 123 cm³/mol. The molecule has 0 saturated heterocycles. The van der Waals surface area contributed by atoms with Crippen LogP contribution in [0, 0.1) is 0 Å². The summed E-state index contributed by atoms with van der Waals surface area (Å²) in [6.07, 6.45) is 0. The summed E-state index contributed by atoms with van der Waals surface area (Å²) >= 11 is 30.6. The minimum Gasteiger partial charge on any atom is -0.493 e. The smallest absolute Gasteiger partial charge is 0.180 e. The van der Waals surface area contributed by atoms with Crippen LogP contribution in [-0.4, -0.2) is 7.11 Å². The Morgan fingerprint density at radius 2 is 1.52 bits per heavy atom. The summed E-state index contributed by atoms with van der Waals surface area (Å²) in [4.78, 5) is 0. The van der Waals surface area contributed by atoms with Crippen molar-refractivity contribution in [2.24, 2.45) is 0 Å². The molecular weight excluding hydrogens is 476 g/mol. The van der Waals surface area contributed by atoms with Gasteiger partial charge in [-0.2, -0.15) is 0 Å². The minimum atomic E-state index is 0.269. The lowest BCUT2D eigenvalue weighted by atomic mass is 10.2. The van der Waals surface area contributed by atoms with Crippen molar-refractivity contribution in [1.29, 1.82) is 0 Å². The molecule has 1 N–H and O–H groups in total. The van der Waals surface area contributed by atoms with Crippen LogP contribution in [0.15, 0.2) is 48.5 Å². The van der Waals surface area contributed by atoms with Gasteiger partial charge in [-0.15, -0.1) is 0 Å². The van der Waals surface area contributed by atoms with Crippen LogP contribution in [0.2, 0.25) is 25.1 Å². The average Bonchev–Trinajstić information content (AvgIpc) is 2.68.